The Morgan fingerprint density at radius 2 is 1.37 bits per heavy atom. The lowest BCUT2D eigenvalue weighted by Gasteiger charge is -2.57. The third kappa shape index (κ3) is 5.24. The van der Waals surface area contributed by atoms with Crippen LogP contribution in [0.2, 0.25) is 0 Å². The van der Waals surface area contributed by atoms with Gasteiger partial charge in [-0.25, -0.2) is 0 Å². The molecule has 0 radical (unpaired) electrons. The normalized spacial score (nSPS) is 26.3. The lowest BCUT2D eigenvalue weighted by molar-refractivity contribution is -0.140. The van der Waals surface area contributed by atoms with Crippen molar-refractivity contribution >= 4 is 85.5 Å². The number of hydrogen-bond acceptors (Lipinski definition) is 10. The van der Waals surface area contributed by atoms with Crippen LogP contribution in [0.1, 0.15) is 0 Å². The van der Waals surface area contributed by atoms with Gasteiger partial charge in [-0.2, -0.15) is 0 Å². The summed E-state index contributed by atoms with van der Waals surface area (Å²) in [5.74, 6) is -6.45. The Bertz CT molecular complexity index is 917. The standard InChI is InChI=1S/C19H28I3N3O10/c1-25(11(33)6-30)14-13(20)12(16(23)34)19(22,8(3-27)10(32)5-29)18(15(14)21,17(24)35)7(2-26)9(31)4-28/h7-10,26-32H,2-6H2,1H3,(H2,23,34)(H2,24,35). The van der Waals surface area contributed by atoms with Gasteiger partial charge in [0.15, 0.2) is 0 Å². The van der Waals surface area contributed by atoms with Crippen LogP contribution < -0.4 is 11.5 Å². The van der Waals surface area contributed by atoms with E-state index in [2.05, 4.69) is 0 Å². The van der Waals surface area contributed by atoms with Gasteiger partial charge in [-0.3, -0.25) is 14.4 Å². The molecule has 6 atom stereocenters. The molecule has 13 nitrogen and oxygen atoms in total. The molecule has 0 fully saturated rings. The number of aliphatic hydroxyl groups is 7. The highest BCUT2D eigenvalue weighted by atomic mass is 127. The van der Waals surface area contributed by atoms with Crippen LogP contribution >= 0.6 is 67.8 Å². The monoisotopic (exact) mass is 839 g/mol. The number of amides is 3. The van der Waals surface area contributed by atoms with Gasteiger partial charge in [-0.1, -0.05) is 22.6 Å². The lowest BCUT2D eigenvalue weighted by atomic mass is 9.55. The van der Waals surface area contributed by atoms with Gasteiger partial charge in [0.1, 0.15) is 12.0 Å². The molecular weight excluding hydrogens is 811 g/mol. The van der Waals surface area contributed by atoms with Crippen molar-refractivity contribution in [1.29, 1.82) is 0 Å². The van der Waals surface area contributed by atoms with Gasteiger partial charge in [0.2, 0.25) is 11.8 Å². The van der Waals surface area contributed by atoms with E-state index in [9.17, 15) is 50.1 Å². The molecule has 0 saturated carbocycles. The quantitative estimate of drug-likeness (QED) is 0.0706. The molecule has 6 unspecified atom stereocenters. The van der Waals surface area contributed by atoms with E-state index in [1.54, 1.807) is 67.8 Å². The second kappa shape index (κ2) is 13.0. The van der Waals surface area contributed by atoms with Crippen LogP contribution in [-0.2, 0) is 14.4 Å². The van der Waals surface area contributed by atoms with E-state index >= 15 is 0 Å². The number of allylic oxidation sites excluding steroid dienone is 1. The van der Waals surface area contributed by atoms with E-state index in [0.29, 0.717) is 0 Å². The molecule has 16 heteroatoms. The Hall–Kier alpha value is -0.200. The summed E-state index contributed by atoms with van der Waals surface area (Å²) in [6.45, 7) is -4.74. The third-order valence-electron chi connectivity index (χ3n) is 6.16. The van der Waals surface area contributed by atoms with E-state index in [0.717, 1.165) is 4.90 Å². The highest BCUT2D eigenvalue weighted by Crippen LogP contribution is 2.65. The second-order valence-electron chi connectivity index (χ2n) is 7.79. The van der Waals surface area contributed by atoms with Crippen molar-refractivity contribution in [2.24, 2.45) is 28.7 Å². The van der Waals surface area contributed by atoms with Gasteiger partial charge < -0.3 is 52.1 Å². The van der Waals surface area contributed by atoms with E-state index in [1.165, 1.54) is 7.05 Å². The van der Waals surface area contributed by atoms with Crippen LogP contribution in [0, 0.1) is 17.3 Å². The van der Waals surface area contributed by atoms with Crippen LogP contribution in [0.25, 0.3) is 0 Å². The van der Waals surface area contributed by atoms with Crippen LogP contribution in [0.4, 0.5) is 0 Å². The molecule has 11 N–H and O–H groups in total. The predicted molar refractivity (Wildman–Crippen MR) is 147 cm³/mol. The molecular formula is C19H28I3N3O10. The summed E-state index contributed by atoms with van der Waals surface area (Å²) in [6, 6.07) is 0. The summed E-state index contributed by atoms with van der Waals surface area (Å²) >= 11 is 4.90. The number of alkyl halides is 1. The summed E-state index contributed by atoms with van der Waals surface area (Å²) in [7, 11) is 1.23. The molecule has 1 aliphatic rings. The maximum Gasteiger partial charge on any atom is 0.252 e. The van der Waals surface area contributed by atoms with E-state index in [1.807, 2.05) is 0 Å². The summed E-state index contributed by atoms with van der Waals surface area (Å²) < 4.78 is -2.23. The Labute approximate surface area is 241 Å². The van der Waals surface area contributed by atoms with Gasteiger partial charge in [-0.15, -0.1) is 0 Å². The molecule has 0 aromatic heterocycles. The number of primary amides is 2. The van der Waals surface area contributed by atoms with E-state index < -0.39 is 89.2 Å². The first-order valence-electron chi connectivity index (χ1n) is 9.98. The highest BCUT2D eigenvalue weighted by molar-refractivity contribution is 14.1. The third-order valence-corrected chi connectivity index (χ3v) is 10.8. The second-order valence-corrected chi connectivity index (χ2v) is 11.6. The van der Waals surface area contributed by atoms with Crippen molar-refractivity contribution in [2.75, 3.05) is 40.1 Å². The number of aliphatic hydroxyl groups excluding tert-OH is 7. The summed E-state index contributed by atoms with van der Waals surface area (Å²) in [6.07, 6.45) is -3.57. The van der Waals surface area contributed by atoms with Gasteiger partial charge in [0.05, 0.1) is 41.1 Å². The molecule has 200 valence electrons. The number of carbonyl (C=O) groups is 3. The smallest absolute Gasteiger partial charge is 0.252 e. The highest BCUT2D eigenvalue weighted by Gasteiger charge is 2.70. The summed E-state index contributed by atoms with van der Waals surface area (Å²) in [5, 5.41) is 70.8. The molecule has 0 saturated heterocycles. The predicted octanol–water partition coefficient (Wildman–Crippen LogP) is -3.16. The molecule has 0 aromatic carbocycles. The maximum absolute atomic E-state index is 13.5. The summed E-state index contributed by atoms with van der Waals surface area (Å²) in [5.41, 5.74) is 8.73. The Morgan fingerprint density at radius 1 is 0.914 bits per heavy atom. The first-order chi connectivity index (χ1) is 16.2. The van der Waals surface area contributed by atoms with E-state index in [-0.39, 0.29) is 12.9 Å². The minimum atomic E-state index is -2.38. The molecule has 0 bridgehead atoms. The fraction of sp³-hybridized carbons (Fsp3) is 0.632. The number of carbonyl (C=O) groups excluding carboxylic acids is 3. The topological polar surface area (TPSA) is 248 Å². The number of hydrogen-bond donors (Lipinski definition) is 9. The van der Waals surface area contributed by atoms with Crippen molar-refractivity contribution in [3.05, 3.63) is 18.4 Å². The van der Waals surface area contributed by atoms with Gasteiger partial charge in [0.25, 0.3) is 5.91 Å². The fourth-order valence-corrected chi connectivity index (χ4v) is 11.1. The average Bonchev–Trinajstić information content (AvgIpc) is 2.80. The zero-order valence-electron chi connectivity index (χ0n) is 18.4. The van der Waals surface area contributed by atoms with E-state index in [4.69, 9.17) is 11.5 Å². The molecule has 35 heavy (non-hydrogen) atoms. The van der Waals surface area contributed by atoms with Gasteiger partial charge in [-0.05, 0) is 45.2 Å². The zero-order chi connectivity index (χ0) is 27.5. The molecule has 1 aliphatic carbocycles. The molecule has 3 amide bonds. The van der Waals surface area contributed by atoms with Crippen LogP contribution in [0.15, 0.2) is 18.4 Å². The zero-order valence-corrected chi connectivity index (χ0v) is 24.9. The van der Waals surface area contributed by atoms with Crippen LogP contribution in [0.5, 0.6) is 0 Å². The molecule has 0 aliphatic heterocycles. The van der Waals surface area contributed by atoms with Gasteiger partial charge >= 0.3 is 0 Å². The fourth-order valence-electron chi connectivity index (χ4n) is 4.43. The largest absolute Gasteiger partial charge is 0.396 e. The average molecular weight is 839 g/mol. The SMILES string of the molecule is CN(C(=O)CO)C1=C(I)C(C(N)=O)(C(CO)C(O)CO)C(I)(C(CO)C(O)CO)C(C(N)=O)=C1I. The van der Waals surface area contributed by atoms with Crippen molar-refractivity contribution in [1.82, 2.24) is 4.90 Å². The number of nitrogens with two attached hydrogens (primary N) is 2. The van der Waals surface area contributed by atoms with Crippen molar-refractivity contribution in [3.8, 4) is 0 Å². The first-order valence-corrected chi connectivity index (χ1v) is 13.2. The minimum Gasteiger partial charge on any atom is -0.396 e. The molecule has 1 rings (SSSR count). The molecule has 0 aromatic rings. The number of rotatable bonds is 12. The van der Waals surface area contributed by atoms with Crippen molar-refractivity contribution < 1.29 is 50.1 Å². The number of halogens is 3. The van der Waals surface area contributed by atoms with Crippen molar-refractivity contribution in [2.45, 2.75) is 15.6 Å². The number of nitrogens with zero attached hydrogens (tertiary/aromatic N) is 1. The maximum atomic E-state index is 13.5. The molecule has 0 spiro atoms. The van der Waals surface area contributed by atoms with Crippen LogP contribution in [-0.4, -0.2) is 114 Å². The molecule has 0 heterocycles. The Balaban J connectivity index is 4.53. The number of likely N-dealkylation sites (N-methyl/N-ethyl adjacent to an activating group) is 1. The first kappa shape index (κ1) is 32.8. The van der Waals surface area contributed by atoms with Gasteiger partial charge in [0, 0.05) is 38.2 Å². The minimum absolute atomic E-state index is 0.00570. The Morgan fingerprint density at radius 3 is 1.71 bits per heavy atom. The Kier molecular flexibility index (Phi) is 12.2. The van der Waals surface area contributed by atoms with Crippen molar-refractivity contribution in [3.63, 3.8) is 0 Å². The lowest BCUT2D eigenvalue weighted by Crippen LogP contribution is -2.69. The van der Waals surface area contributed by atoms with Crippen LogP contribution in [0.3, 0.4) is 0 Å². The summed E-state index contributed by atoms with van der Waals surface area (Å²) in [4.78, 5) is 39.7.